The number of nitrogens with two attached hydrogens (primary N) is 1. The zero-order valence-corrected chi connectivity index (χ0v) is 11.6. The first-order valence-corrected chi connectivity index (χ1v) is 6.61. The lowest BCUT2D eigenvalue weighted by molar-refractivity contribution is 0.314. The molecule has 0 aliphatic carbocycles. The van der Waals surface area contributed by atoms with Crippen molar-refractivity contribution in [2.24, 2.45) is 5.73 Å². The predicted octanol–water partition coefficient (Wildman–Crippen LogP) is 1.78. The molecule has 108 valence electrons. The lowest BCUT2D eigenvalue weighted by atomic mass is 10.3. The van der Waals surface area contributed by atoms with E-state index in [0.717, 1.165) is 5.69 Å². The molecule has 3 aromatic rings. The fourth-order valence-electron chi connectivity index (χ4n) is 1.74. The van der Waals surface area contributed by atoms with Gasteiger partial charge in [-0.3, -0.25) is 0 Å². The van der Waals surface area contributed by atoms with Gasteiger partial charge < -0.3 is 16.4 Å². The van der Waals surface area contributed by atoms with Gasteiger partial charge in [-0.25, -0.2) is 14.6 Å². The molecular formula is C12H12ClN7O. The van der Waals surface area contributed by atoms with Crippen LogP contribution in [0.25, 0.3) is 11.3 Å². The van der Waals surface area contributed by atoms with Crippen molar-refractivity contribution in [2.45, 2.75) is 0 Å². The van der Waals surface area contributed by atoms with Crippen LogP contribution >= 0.6 is 11.6 Å². The van der Waals surface area contributed by atoms with E-state index in [-0.39, 0.29) is 0 Å². The van der Waals surface area contributed by atoms with Gasteiger partial charge in [0.05, 0.1) is 0 Å². The second kappa shape index (κ2) is 5.90. The van der Waals surface area contributed by atoms with Crippen molar-refractivity contribution in [2.75, 3.05) is 23.7 Å². The maximum atomic E-state index is 5.97. The summed E-state index contributed by atoms with van der Waals surface area (Å²) in [6.07, 6.45) is 0. The van der Waals surface area contributed by atoms with Crippen LogP contribution in [0, 0.1) is 0 Å². The summed E-state index contributed by atoms with van der Waals surface area (Å²) in [6.45, 7) is 1.02. The van der Waals surface area contributed by atoms with Crippen molar-refractivity contribution >= 4 is 40.2 Å². The molecule has 0 bridgehead atoms. The maximum absolute atomic E-state index is 5.97. The van der Waals surface area contributed by atoms with Crippen LogP contribution in [-0.2, 0) is 0 Å². The Morgan fingerprint density at radius 3 is 2.62 bits per heavy atom. The molecule has 0 atom stereocenters. The Morgan fingerprint density at radius 2 is 1.90 bits per heavy atom. The number of halogens is 1. The molecule has 3 rings (SSSR count). The molecule has 2 aromatic heterocycles. The first-order chi connectivity index (χ1) is 10.3. The monoisotopic (exact) mass is 305 g/mol. The summed E-state index contributed by atoms with van der Waals surface area (Å²) in [5.41, 5.74) is 6.92. The van der Waals surface area contributed by atoms with Crippen molar-refractivity contribution in [1.29, 1.82) is 0 Å². The number of nitrogens with one attached hydrogen (secondary N) is 2. The minimum Gasteiger partial charge on any atom is -0.366 e. The third-order valence-electron chi connectivity index (χ3n) is 2.64. The normalized spacial score (nSPS) is 10.8. The Kier molecular flexibility index (Phi) is 3.80. The Morgan fingerprint density at radius 1 is 1.14 bits per heavy atom. The Bertz CT molecular complexity index is 760. The second-order valence-electron chi connectivity index (χ2n) is 4.18. The average Bonchev–Trinajstić information content (AvgIpc) is 2.92. The summed E-state index contributed by atoms with van der Waals surface area (Å²) in [7, 11) is 0. The van der Waals surface area contributed by atoms with E-state index >= 15 is 0 Å². The smallest absolute Gasteiger partial charge is 0.245 e. The van der Waals surface area contributed by atoms with Crippen LogP contribution in [0.4, 0.5) is 17.3 Å². The Balaban J connectivity index is 1.97. The van der Waals surface area contributed by atoms with Gasteiger partial charge in [-0.2, -0.15) is 0 Å². The molecular weight excluding hydrogens is 294 g/mol. The van der Waals surface area contributed by atoms with Gasteiger partial charge in [0.1, 0.15) is 0 Å². The molecule has 8 nitrogen and oxygen atoms in total. The summed E-state index contributed by atoms with van der Waals surface area (Å²) in [6, 6.07) is 7.27. The highest BCUT2D eigenvalue weighted by atomic mass is 35.5. The summed E-state index contributed by atoms with van der Waals surface area (Å²) in [5.74, 6) is 1.01. The molecule has 9 heteroatoms. The zero-order valence-electron chi connectivity index (χ0n) is 10.9. The van der Waals surface area contributed by atoms with Gasteiger partial charge in [-0.15, -0.1) is 0 Å². The highest BCUT2D eigenvalue weighted by molar-refractivity contribution is 6.30. The van der Waals surface area contributed by atoms with Gasteiger partial charge >= 0.3 is 0 Å². The minimum atomic E-state index is 0.317. The number of benzene rings is 1. The molecule has 2 heterocycles. The number of hydrogen-bond acceptors (Lipinski definition) is 8. The topological polar surface area (TPSA) is 115 Å². The van der Waals surface area contributed by atoms with Crippen LogP contribution in [0.3, 0.4) is 0 Å². The third kappa shape index (κ3) is 3.01. The van der Waals surface area contributed by atoms with E-state index in [1.54, 1.807) is 12.1 Å². The lowest BCUT2D eigenvalue weighted by Gasteiger charge is -2.11. The summed E-state index contributed by atoms with van der Waals surface area (Å²) < 4.78 is 4.62. The number of anilines is 3. The van der Waals surface area contributed by atoms with Gasteiger partial charge in [-0.05, 0) is 28.5 Å². The van der Waals surface area contributed by atoms with Crippen LogP contribution in [0.5, 0.6) is 0 Å². The molecule has 0 radical (unpaired) electrons. The third-order valence-corrected chi connectivity index (χ3v) is 2.87. The van der Waals surface area contributed by atoms with E-state index in [2.05, 4.69) is 35.5 Å². The molecule has 0 saturated carbocycles. The molecule has 0 fully saturated rings. The second-order valence-corrected chi connectivity index (χ2v) is 4.62. The first-order valence-electron chi connectivity index (χ1n) is 6.23. The number of hydrogen-bond donors (Lipinski definition) is 3. The highest BCUT2D eigenvalue weighted by Crippen LogP contribution is 2.24. The highest BCUT2D eigenvalue weighted by Gasteiger charge is 2.12. The summed E-state index contributed by atoms with van der Waals surface area (Å²) >= 11 is 5.97. The molecule has 0 saturated heterocycles. The number of rotatable bonds is 5. The van der Waals surface area contributed by atoms with E-state index in [4.69, 9.17) is 17.3 Å². The molecule has 0 amide bonds. The van der Waals surface area contributed by atoms with Gasteiger partial charge in [0.25, 0.3) is 0 Å². The van der Waals surface area contributed by atoms with Crippen molar-refractivity contribution in [1.82, 2.24) is 20.3 Å². The lowest BCUT2D eigenvalue weighted by Crippen LogP contribution is -2.15. The van der Waals surface area contributed by atoms with Crippen molar-refractivity contribution < 1.29 is 4.63 Å². The average molecular weight is 306 g/mol. The fraction of sp³-hybridized carbons (Fsp3) is 0.167. The number of fused-ring (bicyclic) bond motifs is 1. The van der Waals surface area contributed by atoms with Gasteiger partial charge in [-0.1, -0.05) is 17.7 Å². The quantitative estimate of drug-likeness (QED) is 0.653. The molecule has 0 unspecified atom stereocenters. The van der Waals surface area contributed by atoms with Crippen LogP contribution in [0.15, 0.2) is 28.9 Å². The van der Waals surface area contributed by atoms with E-state index < -0.39 is 0 Å². The van der Waals surface area contributed by atoms with Gasteiger partial charge in [0.2, 0.25) is 11.3 Å². The van der Waals surface area contributed by atoms with Crippen LogP contribution < -0.4 is 16.4 Å². The maximum Gasteiger partial charge on any atom is 0.245 e. The molecule has 0 spiro atoms. The minimum absolute atomic E-state index is 0.317. The van der Waals surface area contributed by atoms with E-state index in [0.29, 0.717) is 41.0 Å². The van der Waals surface area contributed by atoms with E-state index in [9.17, 15) is 0 Å². The summed E-state index contributed by atoms with van der Waals surface area (Å²) in [4.78, 5) is 8.62. The largest absolute Gasteiger partial charge is 0.366 e. The van der Waals surface area contributed by atoms with Crippen molar-refractivity contribution in [3.8, 4) is 0 Å². The van der Waals surface area contributed by atoms with Crippen LogP contribution in [0.2, 0.25) is 5.02 Å². The zero-order chi connectivity index (χ0) is 14.7. The van der Waals surface area contributed by atoms with Crippen molar-refractivity contribution in [3.05, 3.63) is 29.3 Å². The molecule has 4 N–H and O–H groups in total. The molecule has 0 aliphatic rings. The van der Waals surface area contributed by atoms with E-state index in [1.807, 2.05) is 12.1 Å². The van der Waals surface area contributed by atoms with Crippen molar-refractivity contribution in [3.63, 3.8) is 0 Å². The molecule has 0 aliphatic heterocycles. The van der Waals surface area contributed by atoms with Gasteiger partial charge in [0.15, 0.2) is 11.6 Å². The van der Waals surface area contributed by atoms with Gasteiger partial charge in [0, 0.05) is 23.8 Å². The summed E-state index contributed by atoms with van der Waals surface area (Å²) in [5, 5.41) is 14.2. The molecule has 1 aromatic carbocycles. The van der Waals surface area contributed by atoms with E-state index in [1.165, 1.54) is 0 Å². The Hall–Kier alpha value is -2.45. The van der Waals surface area contributed by atoms with Crippen LogP contribution in [-0.4, -0.2) is 33.4 Å². The fourth-order valence-corrected chi connectivity index (χ4v) is 1.93. The predicted molar refractivity (Wildman–Crippen MR) is 79.7 cm³/mol. The standard InChI is InChI=1S/C12H12ClN7O/c13-7-2-1-3-8(6-7)16-10-9(15-5-4-14)17-11-12(18-10)20-21-19-11/h1-3,6H,4-5,14H2,(H,15,17,19)(H,16,18,20). The number of nitrogens with zero attached hydrogens (tertiary/aromatic N) is 4. The number of aromatic nitrogens is 4. The molecule has 21 heavy (non-hydrogen) atoms. The Labute approximate surface area is 124 Å². The first kappa shape index (κ1) is 13.5. The SMILES string of the molecule is NCCNc1nc2nonc2nc1Nc1cccc(Cl)c1. The van der Waals surface area contributed by atoms with Crippen LogP contribution in [0.1, 0.15) is 0 Å².